The Bertz CT molecular complexity index is 555. The SMILES string of the molecule is CC(C)CC(CN(C)C)Nc1nc(Cl)nc2nc[nH]c12. The number of aromatic nitrogens is 4. The summed E-state index contributed by atoms with van der Waals surface area (Å²) in [6.07, 6.45) is 2.65. The molecule has 1 unspecified atom stereocenters. The number of hydrogen-bond donors (Lipinski definition) is 2. The van der Waals surface area contributed by atoms with Crippen LogP contribution in [0.25, 0.3) is 11.2 Å². The van der Waals surface area contributed by atoms with Crippen molar-refractivity contribution in [1.29, 1.82) is 0 Å². The van der Waals surface area contributed by atoms with Crippen molar-refractivity contribution in [3.8, 4) is 0 Å². The quantitative estimate of drug-likeness (QED) is 0.801. The van der Waals surface area contributed by atoms with Crippen LogP contribution in [0.3, 0.4) is 0 Å². The Labute approximate surface area is 124 Å². The number of nitrogens with zero attached hydrogens (tertiary/aromatic N) is 4. The highest BCUT2D eigenvalue weighted by molar-refractivity contribution is 6.28. The third-order valence-corrected chi connectivity index (χ3v) is 3.11. The van der Waals surface area contributed by atoms with E-state index < -0.39 is 0 Å². The number of H-pyrrole nitrogens is 1. The molecule has 0 aliphatic rings. The molecule has 2 heterocycles. The molecular weight excluding hydrogens is 276 g/mol. The summed E-state index contributed by atoms with van der Waals surface area (Å²) < 4.78 is 0. The van der Waals surface area contributed by atoms with Crippen LogP contribution in [0.1, 0.15) is 20.3 Å². The zero-order valence-electron chi connectivity index (χ0n) is 12.3. The van der Waals surface area contributed by atoms with Gasteiger partial charge in [0.05, 0.1) is 6.33 Å². The van der Waals surface area contributed by atoms with E-state index in [0.717, 1.165) is 18.5 Å². The lowest BCUT2D eigenvalue weighted by atomic mass is 10.0. The number of likely N-dealkylation sites (N-methyl/N-ethyl adjacent to an activating group) is 1. The maximum Gasteiger partial charge on any atom is 0.226 e. The van der Waals surface area contributed by atoms with Crippen LogP contribution in [-0.4, -0.2) is 51.5 Å². The molecule has 6 nitrogen and oxygen atoms in total. The van der Waals surface area contributed by atoms with Gasteiger partial charge in [-0.15, -0.1) is 0 Å². The standard InChI is InChI=1S/C13H21ClN6/c1-8(2)5-9(6-20(3)4)17-12-10-11(16-7-15-10)18-13(14)19-12/h7-9H,5-6H2,1-4H3,(H2,15,16,17,18,19). The molecule has 20 heavy (non-hydrogen) atoms. The van der Waals surface area contributed by atoms with Crippen molar-refractivity contribution >= 4 is 28.6 Å². The first-order valence-corrected chi connectivity index (χ1v) is 7.11. The monoisotopic (exact) mass is 296 g/mol. The minimum absolute atomic E-state index is 0.209. The Hall–Kier alpha value is -1.40. The molecule has 7 heteroatoms. The van der Waals surface area contributed by atoms with E-state index in [4.69, 9.17) is 11.6 Å². The summed E-state index contributed by atoms with van der Waals surface area (Å²) in [5, 5.41) is 3.67. The predicted molar refractivity (Wildman–Crippen MR) is 82.1 cm³/mol. The smallest absolute Gasteiger partial charge is 0.226 e. The van der Waals surface area contributed by atoms with Gasteiger partial charge in [-0.3, -0.25) is 0 Å². The van der Waals surface area contributed by atoms with Gasteiger partial charge >= 0.3 is 0 Å². The largest absolute Gasteiger partial charge is 0.364 e. The lowest BCUT2D eigenvalue weighted by Gasteiger charge is -2.24. The molecule has 2 rings (SSSR count). The third kappa shape index (κ3) is 3.80. The van der Waals surface area contributed by atoms with Gasteiger partial charge in [-0.05, 0) is 38.0 Å². The average Bonchev–Trinajstić information content (AvgIpc) is 2.74. The van der Waals surface area contributed by atoms with Gasteiger partial charge in [0.25, 0.3) is 0 Å². The van der Waals surface area contributed by atoms with Crippen molar-refractivity contribution in [3.63, 3.8) is 0 Å². The number of halogens is 1. The van der Waals surface area contributed by atoms with E-state index in [9.17, 15) is 0 Å². The van der Waals surface area contributed by atoms with Crippen molar-refractivity contribution in [2.45, 2.75) is 26.3 Å². The number of aromatic amines is 1. The Kier molecular flexibility index (Phi) is 4.77. The van der Waals surface area contributed by atoms with Gasteiger partial charge in [0.2, 0.25) is 5.28 Å². The van der Waals surface area contributed by atoms with Crippen LogP contribution in [0.2, 0.25) is 5.28 Å². The first-order chi connectivity index (χ1) is 9.45. The van der Waals surface area contributed by atoms with E-state index in [2.05, 4.69) is 58.1 Å². The molecule has 0 bridgehead atoms. The number of anilines is 1. The topological polar surface area (TPSA) is 69.7 Å². The Morgan fingerprint density at radius 3 is 2.75 bits per heavy atom. The highest BCUT2D eigenvalue weighted by Crippen LogP contribution is 2.21. The molecule has 1 atom stereocenters. The third-order valence-electron chi connectivity index (χ3n) is 2.94. The second kappa shape index (κ2) is 6.37. The minimum Gasteiger partial charge on any atom is -0.364 e. The lowest BCUT2D eigenvalue weighted by molar-refractivity contribution is 0.356. The Morgan fingerprint density at radius 2 is 2.10 bits per heavy atom. The molecule has 110 valence electrons. The molecule has 0 spiro atoms. The van der Waals surface area contributed by atoms with Crippen LogP contribution in [0.5, 0.6) is 0 Å². The molecule has 2 N–H and O–H groups in total. The molecule has 0 aliphatic heterocycles. The summed E-state index contributed by atoms with van der Waals surface area (Å²) in [6, 6.07) is 0.294. The van der Waals surface area contributed by atoms with Gasteiger partial charge in [0.15, 0.2) is 11.5 Å². The molecule has 0 aliphatic carbocycles. The van der Waals surface area contributed by atoms with E-state index in [-0.39, 0.29) is 5.28 Å². The van der Waals surface area contributed by atoms with Crippen molar-refractivity contribution in [1.82, 2.24) is 24.8 Å². The molecule has 0 saturated carbocycles. The van der Waals surface area contributed by atoms with Crippen LogP contribution < -0.4 is 5.32 Å². The van der Waals surface area contributed by atoms with E-state index in [1.807, 2.05) is 0 Å². The second-order valence-electron chi connectivity index (χ2n) is 5.68. The van der Waals surface area contributed by atoms with Crippen molar-refractivity contribution in [3.05, 3.63) is 11.6 Å². The molecule has 0 amide bonds. The lowest BCUT2D eigenvalue weighted by Crippen LogP contribution is -2.34. The summed E-state index contributed by atoms with van der Waals surface area (Å²) in [4.78, 5) is 17.7. The van der Waals surface area contributed by atoms with Gasteiger partial charge in [-0.25, -0.2) is 4.98 Å². The molecule has 0 saturated heterocycles. The van der Waals surface area contributed by atoms with E-state index in [1.165, 1.54) is 0 Å². The molecule has 0 aromatic carbocycles. The molecular formula is C13H21ClN6. The van der Waals surface area contributed by atoms with Gasteiger partial charge < -0.3 is 15.2 Å². The molecule has 0 fully saturated rings. The van der Waals surface area contributed by atoms with Crippen LogP contribution in [-0.2, 0) is 0 Å². The number of hydrogen-bond acceptors (Lipinski definition) is 5. The van der Waals surface area contributed by atoms with E-state index in [1.54, 1.807) is 6.33 Å². The van der Waals surface area contributed by atoms with Crippen LogP contribution in [0.15, 0.2) is 6.33 Å². The fourth-order valence-corrected chi connectivity index (χ4v) is 2.46. The van der Waals surface area contributed by atoms with E-state index in [0.29, 0.717) is 23.4 Å². The highest BCUT2D eigenvalue weighted by Gasteiger charge is 2.16. The summed E-state index contributed by atoms with van der Waals surface area (Å²) in [6.45, 7) is 5.35. The number of fused-ring (bicyclic) bond motifs is 1. The number of nitrogens with one attached hydrogen (secondary N) is 2. The van der Waals surface area contributed by atoms with Gasteiger partial charge in [-0.1, -0.05) is 13.8 Å². The summed E-state index contributed by atoms with van der Waals surface area (Å²) in [5.74, 6) is 1.31. The van der Waals surface area contributed by atoms with Crippen molar-refractivity contribution < 1.29 is 0 Å². The Balaban J connectivity index is 2.25. The van der Waals surface area contributed by atoms with Crippen molar-refractivity contribution in [2.24, 2.45) is 5.92 Å². The maximum atomic E-state index is 5.95. The first-order valence-electron chi connectivity index (χ1n) is 6.73. The predicted octanol–water partition coefficient (Wildman–Crippen LogP) is 2.39. The fourth-order valence-electron chi connectivity index (χ4n) is 2.29. The van der Waals surface area contributed by atoms with Gasteiger partial charge in [0.1, 0.15) is 5.52 Å². The number of rotatable bonds is 6. The van der Waals surface area contributed by atoms with Gasteiger partial charge in [0, 0.05) is 12.6 Å². The average molecular weight is 297 g/mol. The molecule has 2 aromatic heterocycles. The summed E-state index contributed by atoms with van der Waals surface area (Å²) in [5.41, 5.74) is 1.38. The molecule has 0 radical (unpaired) electrons. The van der Waals surface area contributed by atoms with Gasteiger partial charge in [-0.2, -0.15) is 9.97 Å². The second-order valence-corrected chi connectivity index (χ2v) is 6.01. The summed E-state index contributed by atoms with van der Waals surface area (Å²) in [7, 11) is 4.13. The van der Waals surface area contributed by atoms with Crippen molar-refractivity contribution in [2.75, 3.05) is 26.0 Å². The fraction of sp³-hybridized carbons (Fsp3) is 0.615. The minimum atomic E-state index is 0.209. The van der Waals surface area contributed by atoms with Crippen LogP contribution in [0.4, 0.5) is 5.82 Å². The van der Waals surface area contributed by atoms with Crippen LogP contribution in [0, 0.1) is 5.92 Å². The summed E-state index contributed by atoms with van der Waals surface area (Å²) >= 11 is 5.95. The Morgan fingerprint density at radius 1 is 1.35 bits per heavy atom. The zero-order chi connectivity index (χ0) is 14.7. The molecule has 2 aromatic rings. The first kappa shape index (κ1) is 15.0. The number of imidazole rings is 1. The van der Waals surface area contributed by atoms with Crippen LogP contribution >= 0.6 is 11.6 Å². The zero-order valence-corrected chi connectivity index (χ0v) is 13.1. The normalized spacial score (nSPS) is 13.3. The highest BCUT2D eigenvalue weighted by atomic mass is 35.5. The van der Waals surface area contributed by atoms with E-state index >= 15 is 0 Å². The maximum absolute atomic E-state index is 5.95.